The summed E-state index contributed by atoms with van der Waals surface area (Å²) in [5.74, 6) is -0.160. The van der Waals surface area contributed by atoms with Gasteiger partial charge in [-0.05, 0) is 45.4 Å². The van der Waals surface area contributed by atoms with Crippen LogP contribution in [-0.4, -0.2) is 52.3 Å². The molecule has 4 N–H and O–H groups in total. The number of nitrogens with two attached hydrogens (primary N) is 1. The summed E-state index contributed by atoms with van der Waals surface area (Å²) in [5.41, 5.74) is 6.60. The van der Waals surface area contributed by atoms with Gasteiger partial charge < -0.3 is 15.5 Å². The molecule has 1 aliphatic rings. The Bertz CT molecular complexity index is 1180. The van der Waals surface area contributed by atoms with E-state index in [0.717, 1.165) is 19.4 Å². The van der Waals surface area contributed by atoms with Gasteiger partial charge in [0.15, 0.2) is 21.3 Å². The molecule has 0 radical (unpaired) electrons. The quantitative estimate of drug-likeness (QED) is 0.457. The van der Waals surface area contributed by atoms with E-state index in [9.17, 15) is 13.2 Å². The summed E-state index contributed by atoms with van der Waals surface area (Å²) in [6.45, 7) is 7.59. The van der Waals surface area contributed by atoms with Crippen molar-refractivity contribution in [3.05, 3.63) is 47.7 Å². The summed E-state index contributed by atoms with van der Waals surface area (Å²) in [4.78, 5) is 20.9. The van der Waals surface area contributed by atoms with Crippen molar-refractivity contribution in [2.75, 3.05) is 17.6 Å². The Morgan fingerprint density at radius 3 is 2.88 bits per heavy atom. The lowest BCUT2D eigenvalue weighted by molar-refractivity contribution is -0.117. The van der Waals surface area contributed by atoms with Crippen LogP contribution in [0.2, 0.25) is 0 Å². The molecule has 12 heteroatoms. The Hall–Kier alpha value is -3.38. The van der Waals surface area contributed by atoms with Gasteiger partial charge in [-0.2, -0.15) is 0 Å². The molecule has 0 unspecified atom stereocenters. The molecule has 1 saturated heterocycles. The van der Waals surface area contributed by atoms with Crippen molar-refractivity contribution in [1.29, 1.82) is 0 Å². The van der Waals surface area contributed by atoms with E-state index in [1.807, 2.05) is 0 Å². The number of hydrogen-bond acceptors (Lipinski definition) is 10. The number of anilines is 2. The highest BCUT2D eigenvalue weighted by atomic mass is 32.2. The van der Waals surface area contributed by atoms with Gasteiger partial charge in [0.05, 0.1) is 28.1 Å². The third-order valence-corrected chi connectivity index (χ3v) is 7.10. The lowest BCUT2D eigenvalue weighted by Crippen LogP contribution is -2.35. The molecular formula is C21H27N7O4S. The Labute approximate surface area is 192 Å². The molecule has 11 nitrogen and oxygen atoms in total. The minimum Gasteiger partial charge on any atom is -0.401 e. The number of nitrogen functional groups attached to an aromatic ring is 1. The van der Waals surface area contributed by atoms with Crippen LogP contribution in [0.5, 0.6) is 0 Å². The first-order chi connectivity index (χ1) is 15.7. The summed E-state index contributed by atoms with van der Waals surface area (Å²) in [7, 11) is -3.45. The number of amides is 1. The standard InChI is InChI=1S/C21H27N7O4S/c1-4-7-15(33(30,31)13(2)3)9-5-8-14-12-24-18(22)17(25-14)20-27-28-21(32-20)26-19(29)16-10-6-11-23-16/h4-5,7,9,12-13,16,23H,1,6,8,10-11H2,2-3H3,(H2,22,24)(H,26,28,29)/b9-5-,15-7+/t16-/m0/s1. The van der Waals surface area contributed by atoms with Crippen LogP contribution < -0.4 is 16.4 Å². The van der Waals surface area contributed by atoms with E-state index in [1.54, 1.807) is 19.9 Å². The summed E-state index contributed by atoms with van der Waals surface area (Å²) < 4.78 is 30.4. The minimum atomic E-state index is -3.45. The van der Waals surface area contributed by atoms with E-state index in [-0.39, 0.29) is 46.7 Å². The van der Waals surface area contributed by atoms with Gasteiger partial charge >= 0.3 is 6.01 Å². The van der Waals surface area contributed by atoms with Gasteiger partial charge in [0.25, 0.3) is 5.89 Å². The van der Waals surface area contributed by atoms with Crippen LogP contribution in [-0.2, 0) is 21.1 Å². The number of allylic oxidation sites excluding steroid dienone is 4. The highest BCUT2D eigenvalue weighted by Gasteiger charge is 2.24. The third-order valence-electron chi connectivity index (χ3n) is 4.93. The average Bonchev–Trinajstić information content (AvgIpc) is 3.46. The van der Waals surface area contributed by atoms with Crippen LogP contribution in [0.25, 0.3) is 11.6 Å². The van der Waals surface area contributed by atoms with Crippen LogP contribution in [0.4, 0.5) is 11.8 Å². The van der Waals surface area contributed by atoms with E-state index in [4.69, 9.17) is 10.2 Å². The molecule has 2 aromatic heterocycles. The fraction of sp³-hybridized carbons (Fsp3) is 0.381. The van der Waals surface area contributed by atoms with Gasteiger partial charge in [-0.25, -0.2) is 18.4 Å². The molecule has 3 heterocycles. The Morgan fingerprint density at radius 2 is 2.21 bits per heavy atom. The van der Waals surface area contributed by atoms with Crippen LogP contribution >= 0.6 is 0 Å². The molecule has 176 valence electrons. The smallest absolute Gasteiger partial charge is 0.322 e. The molecule has 0 saturated carbocycles. The van der Waals surface area contributed by atoms with Gasteiger partial charge in [-0.15, -0.1) is 5.10 Å². The van der Waals surface area contributed by atoms with Crippen molar-refractivity contribution in [2.45, 2.75) is 44.4 Å². The van der Waals surface area contributed by atoms with Crippen molar-refractivity contribution in [2.24, 2.45) is 0 Å². The van der Waals surface area contributed by atoms with Gasteiger partial charge in [0, 0.05) is 6.42 Å². The number of hydrogen-bond donors (Lipinski definition) is 3. The lowest BCUT2D eigenvalue weighted by Gasteiger charge is -2.08. The first-order valence-electron chi connectivity index (χ1n) is 10.4. The van der Waals surface area contributed by atoms with E-state index >= 15 is 0 Å². The number of nitrogens with one attached hydrogen (secondary N) is 2. The SMILES string of the molecule is C=C/C=C(\C=C/Cc1cnc(N)c(-c2nnc(NC(=O)[C@@H]3CCCN3)o2)n1)S(=O)(=O)C(C)C. The second-order valence-electron chi connectivity index (χ2n) is 7.65. The van der Waals surface area contributed by atoms with Crippen molar-refractivity contribution in [3.63, 3.8) is 0 Å². The topological polar surface area (TPSA) is 166 Å². The zero-order valence-electron chi connectivity index (χ0n) is 18.5. The Balaban J connectivity index is 1.74. The Kier molecular flexibility index (Phi) is 7.71. The monoisotopic (exact) mass is 473 g/mol. The summed E-state index contributed by atoms with van der Waals surface area (Å²) in [6.07, 6.45) is 9.46. The molecule has 0 aliphatic carbocycles. The lowest BCUT2D eigenvalue weighted by atomic mass is 10.2. The highest BCUT2D eigenvalue weighted by molar-refractivity contribution is 7.96. The largest absolute Gasteiger partial charge is 0.401 e. The van der Waals surface area contributed by atoms with Crippen molar-refractivity contribution < 1.29 is 17.6 Å². The van der Waals surface area contributed by atoms with Crippen molar-refractivity contribution in [3.8, 4) is 11.6 Å². The van der Waals surface area contributed by atoms with E-state index < -0.39 is 15.1 Å². The molecule has 1 amide bonds. The number of sulfone groups is 1. The molecule has 1 aliphatic heterocycles. The minimum absolute atomic E-state index is 0.00939. The molecule has 0 spiro atoms. The summed E-state index contributed by atoms with van der Waals surface area (Å²) >= 11 is 0. The van der Waals surface area contributed by atoms with E-state index in [2.05, 4.69) is 37.4 Å². The predicted octanol–water partition coefficient (Wildman–Crippen LogP) is 1.79. The number of carbonyl (C=O) groups is 1. The number of carbonyl (C=O) groups excluding carboxylic acids is 1. The van der Waals surface area contributed by atoms with Gasteiger partial charge in [0.2, 0.25) is 5.91 Å². The van der Waals surface area contributed by atoms with Gasteiger partial charge in [-0.1, -0.05) is 23.8 Å². The molecule has 1 fully saturated rings. The van der Waals surface area contributed by atoms with Crippen LogP contribution in [0.3, 0.4) is 0 Å². The fourth-order valence-corrected chi connectivity index (χ4v) is 4.21. The fourth-order valence-electron chi connectivity index (χ4n) is 3.09. The molecule has 2 aromatic rings. The van der Waals surface area contributed by atoms with Crippen LogP contribution in [0.15, 0.2) is 46.4 Å². The van der Waals surface area contributed by atoms with Crippen LogP contribution in [0, 0.1) is 0 Å². The zero-order valence-corrected chi connectivity index (χ0v) is 19.3. The first kappa shape index (κ1) is 24.3. The molecule has 1 atom stereocenters. The first-order valence-corrected chi connectivity index (χ1v) is 12.0. The van der Waals surface area contributed by atoms with Gasteiger partial charge in [-0.3, -0.25) is 10.1 Å². The number of nitrogens with zero attached hydrogens (tertiary/aromatic N) is 4. The maximum absolute atomic E-state index is 12.4. The second-order valence-corrected chi connectivity index (χ2v) is 10.2. The van der Waals surface area contributed by atoms with E-state index in [1.165, 1.54) is 24.4 Å². The summed E-state index contributed by atoms with van der Waals surface area (Å²) in [5, 5.41) is 12.8. The molecular weight excluding hydrogens is 446 g/mol. The van der Waals surface area contributed by atoms with Crippen LogP contribution in [0.1, 0.15) is 32.4 Å². The zero-order chi connectivity index (χ0) is 24.0. The van der Waals surface area contributed by atoms with E-state index in [0.29, 0.717) is 5.69 Å². The second kappa shape index (κ2) is 10.5. The summed E-state index contributed by atoms with van der Waals surface area (Å²) in [6, 6.07) is -0.354. The maximum Gasteiger partial charge on any atom is 0.322 e. The molecule has 0 aromatic carbocycles. The normalized spacial score (nSPS) is 17.1. The molecule has 33 heavy (non-hydrogen) atoms. The number of aromatic nitrogens is 4. The average molecular weight is 474 g/mol. The molecule has 3 rings (SSSR count). The maximum atomic E-state index is 12.4. The third kappa shape index (κ3) is 5.90. The highest BCUT2D eigenvalue weighted by Crippen LogP contribution is 2.23. The number of rotatable bonds is 9. The molecule has 0 bridgehead atoms. The predicted molar refractivity (Wildman–Crippen MR) is 125 cm³/mol. The van der Waals surface area contributed by atoms with Crippen molar-refractivity contribution >= 4 is 27.6 Å². The van der Waals surface area contributed by atoms with Crippen molar-refractivity contribution in [1.82, 2.24) is 25.5 Å². The van der Waals surface area contributed by atoms with Gasteiger partial charge in [0.1, 0.15) is 0 Å². The Morgan fingerprint density at radius 1 is 1.42 bits per heavy atom.